The van der Waals surface area contributed by atoms with Crippen LogP contribution in [-0.4, -0.2) is 17.0 Å². The number of carbonyl (C=O) groups is 1. The van der Waals surface area contributed by atoms with Crippen LogP contribution in [0.1, 0.15) is 22.5 Å². The highest BCUT2D eigenvalue weighted by Crippen LogP contribution is 2.25. The molecule has 3 aromatic carbocycles. The summed E-state index contributed by atoms with van der Waals surface area (Å²) in [5.41, 5.74) is 3.01. The van der Waals surface area contributed by atoms with Gasteiger partial charge in [0.15, 0.2) is 0 Å². The molecule has 0 aliphatic rings. The molecule has 0 atom stereocenters. The van der Waals surface area contributed by atoms with Gasteiger partial charge in [0.2, 0.25) is 0 Å². The topological polar surface area (TPSA) is 43.3 Å². The largest absolute Gasteiger partial charge is 0.457 e. The van der Waals surface area contributed by atoms with Gasteiger partial charge in [0.05, 0.1) is 5.56 Å². The monoisotopic (exact) mass is 384 g/mol. The molecule has 29 heavy (non-hydrogen) atoms. The number of amides is 1. The SMILES string of the molecule is Cc1cc2ccccc2n1CCCNC(=O)c1ccccc1Oc1ccccc1. The van der Waals surface area contributed by atoms with E-state index in [1.807, 2.05) is 48.5 Å². The molecule has 4 aromatic rings. The lowest BCUT2D eigenvalue weighted by atomic mass is 10.2. The number of nitrogens with zero attached hydrogens (tertiary/aromatic N) is 1. The molecule has 0 fully saturated rings. The van der Waals surface area contributed by atoms with E-state index in [1.165, 1.54) is 16.6 Å². The van der Waals surface area contributed by atoms with E-state index in [9.17, 15) is 4.79 Å². The van der Waals surface area contributed by atoms with Crippen LogP contribution in [0, 0.1) is 6.92 Å². The number of ether oxygens (including phenoxy) is 1. The minimum atomic E-state index is -0.120. The van der Waals surface area contributed by atoms with E-state index in [2.05, 4.69) is 47.1 Å². The molecule has 4 rings (SSSR count). The highest BCUT2D eigenvalue weighted by molar-refractivity contribution is 5.97. The average molecular weight is 384 g/mol. The van der Waals surface area contributed by atoms with Crippen LogP contribution in [0.3, 0.4) is 0 Å². The fraction of sp³-hybridized carbons (Fsp3) is 0.160. The van der Waals surface area contributed by atoms with E-state index in [4.69, 9.17) is 4.74 Å². The summed E-state index contributed by atoms with van der Waals surface area (Å²) in [6.45, 7) is 3.59. The molecule has 0 spiro atoms. The highest BCUT2D eigenvalue weighted by Gasteiger charge is 2.12. The van der Waals surface area contributed by atoms with E-state index in [0.29, 0.717) is 23.6 Å². The van der Waals surface area contributed by atoms with Gasteiger partial charge in [-0.05, 0) is 55.1 Å². The predicted octanol–water partition coefficient (Wildman–Crippen LogP) is 5.56. The number of carbonyl (C=O) groups excluding carboxylic acids is 1. The first-order valence-corrected chi connectivity index (χ1v) is 9.87. The van der Waals surface area contributed by atoms with Crippen LogP contribution >= 0.6 is 0 Å². The molecule has 1 aromatic heterocycles. The quantitative estimate of drug-likeness (QED) is 0.424. The molecule has 146 valence electrons. The summed E-state index contributed by atoms with van der Waals surface area (Å²) in [5, 5.41) is 4.27. The third-order valence-electron chi connectivity index (χ3n) is 4.96. The molecule has 0 saturated heterocycles. The van der Waals surface area contributed by atoms with Crippen LogP contribution in [0.5, 0.6) is 11.5 Å². The van der Waals surface area contributed by atoms with Crippen LogP contribution in [0.25, 0.3) is 10.9 Å². The second kappa shape index (κ2) is 8.65. The maximum absolute atomic E-state index is 12.7. The molecule has 0 bridgehead atoms. The number of nitrogens with one attached hydrogen (secondary N) is 1. The fourth-order valence-electron chi connectivity index (χ4n) is 3.54. The molecule has 1 N–H and O–H groups in total. The van der Waals surface area contributed by atoms with Crippen molar-refractivity contribution in [3.05, 3.63) is 96.2 Å². The van der Waals surface area contributed by atoms with Gasteiger partial charge in [-0.1, -0.05) is 48.5 Å². The summed E-state index contributed by atoms with van der Waals surface area (Å²) in [6, 6.07) is 27.4. The summed E-state index contributed by atoms with van der Waals surface area (Å²) < 4.78 is 8.19. The third-order valence-corrected chi connectivity index (χ3v) is 4.96. The summed E-state index contributed by atoms with van der Waals surface area (Å²) in [6.07, 6.45) is 0.854. The fourth-order valence-corrected chi connectivity index (χ4v) is 3.54. The normalized spacial score (nSPS) is 10.8. The summed E-state index contributed by atoms with van der Waals surface area (Å²) in [5.74, 6) is 1.15. The van der Waals surface area contributed by atoms with Crippen LogP contribution < -0.4 is 10.1 Å². The maximum Gasteiger partial charge on any atom is 0.255 e. The lowest BCUT2D eigenvalue weighted by molar-refractivity contribution is 0.0950. The van der Waals surface area contributed by atoms with Gasteiger partial charge in [0, 0.05) is 24.3 Å². The van der Waals surface area contributed by atoms with Crippen molar-refractivity contribution in [3.63, 3.8) is 0 Å². The zero-order chi connectivity index (χ0) is 20.1. The standard InChI is InChI=1S/C25H24N2O2/c1-19-18-20-10-5-7-14-23(20)27(19)17-9-16-26-25(28)22-13-6-8-15-24(22)29-21-11-3-2-4-12-21/h2-8,10-15,18H,9,16-17H2,1H3,(H,26,28). The zero-order valence-electron chi connectivity index (χ0n) is 16.5. The molecule has 4 heteroatoms. The van der Waals surface area contributed by atoms with Crippen molar-refractivity contribution in [2.75, 3.05) is 6.54 Å². The molecule has 0 radical (unpaired) electrons. The molecule has 0 aliphatic heterocycles. The molecule has 0 aliphatic carbocycles. The second-order valence-corrected chi connectivity index (χ2v) is 7.02. The Labute approximate surface area is 170 Å². The van der Waals surface area contributed by atoms with Gasteiger partial charge in [-0.15, -0.1) is 0 Å². The van der Waals surface area contributed by atoms with Crippen molar-refractivity contribution in [2.24, 2.45) is 0 Å². The van der Waals surface area contributed by atoms with Crippen molar-refractivity contribution in [2.45, 2.75) is 19.9 Å². The first-order valence-electron chi connectivity index (χ1n) is 9.87. The van der Waals surface area contributed by atoms with Gasteiger partial charge in [0.25, 0.3) is 5.91 Å². The minimum Gasteiger partial charge on any atom is -0.457 e. The molecule has 4 nitrogen and oxygen atoms in total. The van der Waals surface area contributed by atoms with E-state index in [0.717, 1.165) is 13.0 Å². The lowest BCUT2D eigenvalue weighted by Crippen LogP contribution is -2.25. The second-order valence-electron chi connectivity index (χ2n) is 7.02. The van der Waals surface area contributed by atoms with Crippen molar-refractivity contribution in [3.8, 4) is 11.5 Å². The van der Waals surface area contributed by atoms with Crippen molar-refractivity contribution < 1.29 is 9.53 Å². The Morgan fingerprint density at radius 3 is 2.52 bits per heavy atom. The number of para-hydroxylation sites is 3. The Bertz CT molecular complexity index is 1120. The summed E-state index contributed by atoms with van der Waals surface area (Å²) in [7, 11) is 0. The zero-order valence-corrected chi connectivity index (χ0v) is 16.5. The molecular formula is C25H24N2O2. The summed E-state index contributed by atoms with van der Waals surface area (Å²) >= 11 is 0. The van der Waals surface area contributed by atoms with Crippen molar-refractivity contribution in [1.29, 1.82) is 0 Å². The Balaban J connectivity index is 1.37. The minimum absolute atomic E-state index is 0.120. The van der Waals surface area contributed by atoms with Crippen molar-refractivity contribution in [1.82, 2.24) is 9.88 Å². The Kier molecular flexibility index (Phi) is 5.61. The molecule has 1 heterocycles. The van der Waals surface area contributed by atoms with E-state index >= 15 is 0 Å². The highest BCUT2D eigenvalue weighted by atomic mass is 16.5. The molecular weight excluding hydrogens is 360 g/mol. The van der Waals surface area contributed by atoms with E-state index < -0.39 is 0 Å². The van der Waals surface area contributed by atoms with E-state index in [1.54, 1.807) is 6.07 Å². The number of rotatable bonds is 7. The molecule has 0 unspecified atom stereocenters. The Morgan fingerprint density at radius 1 is 0.931 bits per heavy atom. The smallest absolute Gasteiger partial charge is 0.255 e. The van der Waals surface area contributed by atoms with Crippen LogP contribution in [0.15, 0.2) is 84.9 Å². The Morgan fingerprint density at radius 2 is 1.66 bits per heavy atom. The first kappa shape index (κ1) is 18.8. The van der Waals surface area contributed by atoms with Crippen LogP contribution in [-0.2, 0) is 6.54 Å². The predicted molar refractivity (Wildman–Crippen MR) is 117 cm³/mol. The van der Waals surface area contributed by atoms with Crippen LogP contribution in [0.2, 0.25) is 0 Å². The number of aromatic nitrogens is 1. The van der Waals surface area contributed by atoms with Gasteiger partial charge in [0.1, 0.15) is 11.5 Å². The van der Waals surface area contributed by atoms with Crippen molar-refractivity contribution >= 4 is 16.8 Å². The number of fused-ring (bicyclic) bond motifs is 1. The molecule has 1 amide bonds. The average Bonchev–Trinajstić information content (AvgIpc) is 3.07. The van der Waals surface area contributed by atoms with Gasteiger partial charge in [-0.2, -0.15) is 0 Å². The maximum atomic E-state index is 12.7. The Hall–Kier alpha value is -3.53. The van der Waals surface area contributed by atoms with Gasteiger partial charge in [-0.25, -0.2) is 0 Å². The van der Waals surface area contributed by atoms with Gasteiger partial charge < -0.3 is 14.6 Å². The van der Waals surface area contributed by atoms with Gasteiger partial charge >= 0.3 is 0 Å². The number of aryl methyl sites for hydroxylation is 2. The number of hydrogen-bond donors (Lipinski definition) is 1. The number of benzene rings is 3. The van der Waals surface area contributed by atoms with Crippen LogP contribution in [0.4, 0.5) is 0 Å². The van der Waals surface area contributed by atoms with Gasteiger partial charge in [-0.3, -0.25) is 4.79 Å². The third kappa shape index (κ3) is 4.32. The lowest BCUT2D eigenvalue weighted by Gasteiger charge is -2.12. The first-order chi connectivity index (χ1) is 14.2. The van der Waals surface area contributed by atoms with E-state index in [-0.39, 0.29) is 5.91 Å². The summed E-state index contributed by atoms with van der Waals surface area (Å²) in [4.78, 5) is 12.7. The molecule has 0 saturated carbocycles. The number of hydrogen-bond acceptors (Lipinski definition) is 2.